The van der Waals surface area contributed by atoms with E-state index in [0.29, 0.717) is 5.76 Å². The number of hydrogen-bond donors (Lipinski definition) is 2. The van der Waals surface area contributed by atoms with Crippen LogP contribution in [-0.2, 0) is 10.3 Å². The molecule has 2 rings (SSSR count). The van der Waals surface area contributed by atoms with Crippen molar-refractivity contribution in [1.29, 1.82) is 0 Å². The molecule has 1 unspecified atom stereocenters. The third kappa shape index (κ3) is 4.34. The van der Waals surface area contributed by atoms with Gasteiger partial charge in [0.15, 0.2) is 0 Å². The molecule has 1 aromatic heterocycles. The SMILES string of the molecule is Cc1noc(C)c1C(C)(C)NC(=O)C(O)C1CCCCCCC1. The van der Waals surface area contributed by atoms with E-state index in [1.165, 1.54) is 19.3 Å². The standard InChI is InChI=1S/C18H30N2O3/c1-12-15(13(2)23-20-12)18(3,4)19-17(22)16(21)14-10-8-6-5-7-9-11-14/h14,16,21H,5-11H2,1-4H3,(H,19,22). The van der Waals surface area contributed by atoms with Gasteiger partial charge >= 0.3 is 0 Å². The second-order valence-electron chi connectivity index (χ2n) is 7.36. The summed E-state index contributed by atoms with van der Waals surface area (Å²) in [6.45, 7) is 7.55. The van der Waals surface area contributed by atoms with Gasteiger partial charge in [-0.2, -0.15) is 0 Å². The maximum atomic E-state index is 12.6. The highest BCUT2D eigenvalue weighted by Gasteiger charge is 2.34. The van der Waals surface area contributed by atoms with Crippen LogP contribution >= 0.6 is 0 Å². The zero-order chi connectivity index (χ0) is 17.0. The quantitative estimate of drug-likeness (QED) is 0.891. The van der Waals surface area contributed by atoms with E-state index in [0.717, 1.165) is 36.9 Å². The fraction of sp³-hybridized carbons (Fsp3) is 0.778. The Morgan fingerprint density at radius 2 is 1.78 bits per heavy atom. The highest BCUT2D eigenvalue weighted by atomic mass is 16.5. The molecule has 0 spiro atoms. The molecule has 1 heterocycles. The van der Waals surface area contributed by atoms with Crippen LogP contribution in [0.4, 0.5) is 0 Å². The summed E-state index contributed by atoms with van der Waals surface area (Å²) in [6, 6.07) is 0. The van der Waals surface area contributed by atoms with Crippen LogP contribution in [-0.4, -0.2) is 22.3 Å². The number of carbonyl (C=O) groups excluding carboxylic acids is 1. The number of aliphatic hydroxyl groups excluding tert-OH is 1. The number of nitrogens with zero attached hydrogens (tertiary/aromatic N) is 1. The van der Waals surface area contributed by atoms with Crippen molar-refractivity contribution in [3.63, 3.8) is 0 Å². The summed E-state index contributed by atoms with van der Waals surface area (Å²) in [4.78, 5) is 12.6. The number of nitrogens with one attached hydrogen (secondary N) is 1. The van der Waals surface area contributed by atoms with Crippen LogP contribution in [0.1, 0.15) is 75.8 Å². The monoisotopic (exact) mass is 322 g/mol. The van der Waals surface area contributed by atoms with Crippen LogP contribution < -0.4 is 5.32 Å². The molecule has 1 amide bonds. The Balaban J connectivity index is 2.04. The summed E-state index contributed by atoms with van der Waals surface area (Å²) < 4.78 is 5.21. The van der Waals surface area contributed by atoms with Crippen molar-refractivity contribution >= 4 is 5.91 Å². The molecule has 1 aliphatic rings. The largest absolute Gasteiger partial charge is 0.383 e. The summed E-state index contributed by atoms with van der Waals surface area (Å²) in [5.41, 5.74) is 1.04. The van der Waals surface area contributed by atoms with Crippen LogP contribution in [0.2, 0.25) is 0 Å². The molecule has 130 valence electrons. The summed E-state index contributed by atoms with van der Waals surface area (Å²) in [5.74, 6) is 0.476. The van der Waals surface area contributed by atoms with Gasteiger partial charge < -0.3 is 14.9 Å². The fourth-order valence-corrected chi connectivity index (χ4v) is 3.84. The topological polar surface area (TPSA) is 75.4 Å². The molecule has 5 heteroatoms. The number of rotatable bonds is 4. The molecule has 1 aromatic rings. The molecule has 5 nitrogen and oxygen atoms in total. The van der Waals surface area contributed by atoms with E-state index in [9.17, 15) is 9.90 Å². The van der Waals surface area contributed by atoms with Crippen molar-refractivity contribution in [3.05, 3.63) is 17.0 Å². The van der Waals surface area contributed by atoms with Gasteiger partial charge in [-0.25, -0.2) is 0 Å². The van der Waals surface area contributed by atoms with E-state index < -0.39 is 11.6 Å². The molecule has 2 N–H and O–H groups in total. The van der Waals surface area contributed by atoms with Gasteiger partial charge in [-0.05, 0) is 46.5 Å². The van der Waals surface area contributed by atoms with Crippen molar-refractivity contribution in [2.75, 3.05) is 0 Å². The summed E-state index contributed by atoms with van der Waals surface area (Å²) in [7, 11) is 0. The zero-order valence-electron chi connectivity index (χ0n) is 14.8. The lowest BCUT2D eigenvalue weighted by Crippen LogP contribution is -2.48. The van der Waals surface area contributed by atoms with E-state index in [4.69, 9.17) is 4.52 Å². The maximum Gasteiger partial charge on any atom is 0.249 e. The van der Waals surface area contributed by atoms with Gasteiger partial charge in [0.2, 0.25) is 5.91 Å². The zero-order valence-corrected chi connectivity index (χ0v) is 14.8. The molecule has 1 fully saturated rings. The van der Waals surface area contributed by atoms with Crippen LogP contribution in [0.5, 0.6) is 0 Å². The van der Waals surface area contributed by atoms with Crippen LogP contribution in [0, 0.1) is 19.8 Å². The number of amides is 1. The lowest BCUT2D eigenvalue weighted by atomic mass is 9.86. The van der Waals surface area contributed by atoms with Gasteiger partial charge in [0, 0.05) is 5.56 Å². The number of hydrogen-bond acceptors (Lipinski definition) is 4. The van der Waals surface area contributed by atoms with Crippen molar-refractivity contribution in [2.45, 2.75) is 84.3 Å². The van der Waals surface area contributed by atoms with E-state index >= 15 is 0 Å². The molecule has 0 aliphatic heterocycles. The van der Waals surface area contributed by atoms with Gasteiger partial charge in [-0.1, -0.05) is 37.3 Å². The molecular weight excluding hydrogens is 292 g/mol. The molecule has 1 atom stereocenters. The van der Waals surface area contributed by atoms with Crippen LogP contribution in [0.15, 0.2) is 4.52 Å². The number of aromatic nitrogens is 1. The van der Waals surface area contributed by atoms with Gasteiger partial charge in [-0.3, -0.25) is 4.79 Å². The summed E-state index contributed by atoms with van der Waals surface area (Å²) in [5, 5.41) is 17.5. The molecule has 0 aromatic carbocycles. The number of aliphatic hydroxyl groups is 1. The van der Waals surface area contributed by atoms with Gasteiger partial charge in [0.25, 0.3) is 0 Å². The molecule has 0 bridgehead atoms. The minimum Gasteiger partial charge on any atom is -0.383 e. The first kappa shape index (κ1) is 18.0. The molecule has 23 heavy (non-hydrogen) atoms. The second kappa shape index (κ2) is 7.47. The number of carbonyl (C=O) groups is 1. The average Bonchev–Trinajstić information content (AvgIpc) is 2.77. The Morgan fingerprint density at radius 1 is 1.22 bits per heavy atom. The first-order valence-corrected chi connectivity index (χ1v) is 8.76. The molecule has 1 aliphatic carbocycles. The predicted molar refractivity (Wildman–Crippen MR) is 89.0 cm³/mol. The maximum absolute atomic E-state index is 12.6. The summed E-state index contributed by atoms with van der Waals surface area (Å²) in [6.07, 6.45) is 6.80. The first-order valence-electron chi connectivity index (χ1n) is 8.76. The van der Waals surface area contributed by atoms with Crippen molar-refractivity contribution < 1.29 is 14.4 Å². The summed E-state index contributed by atoms with van der Waals surface area (Å²) >= 11 is 0. The van der Waals surface area contributed by atoms with E-state index in [1.54, 1.807) is 0 Å². The molecule has 1 saturated carbocycles. The Labute approximate surface area is 138 Å². The Bertz CT molecular complexity index is 509. The third-order valence-corrected chi connectivity index (χ3v) is 4.96. The highest BCUT2D eigenvalue weighted by molar-refractivity contribution is 5.81. The van der Waals surface area contributed by atoms with E-state index in [1.807, 2.05) is 27.7 Å². The Morgan fingerprint density at radius 3 is 2.30 bits per heavy atom. The van der Waals surface area contributed by atoms with Crippen LogP contribution in [0.3, 0.4) is 0 Å². The third-order valence-electron chi connectivity index (χ3n) is 4.96. The van der Waals surface area contributed by atoms with Crippen molar-refractivity contribution in [2.24, 2.45) is 5.92 Å². The van der Waals surface area contributed by atoms with Gasteiger partial charge in [-0.15, -0.1) is 0 Å². The minimum atomic E-state index is -0.937. The fourth-order valence-electron chi connectivity index (χ4n) is 3.84. The van der Waals surface area contributed by atoms with E-state index in [-0.39, 0.29) is 11.8 Å². The van der Waals surface area contributed by atoms with Crippen molar-refractivity contribution in [3.8, 4) is 0 Å². The van der Waals surface area contributed by atoms with Gasteiger partial charge in [0.1, 0.15) is 11.9 Å². The first-order chi connectivity index (χ1) is 10.8. The minimum absolute atomic E-state index is 0.0655. The normalized spacial score (nSPS) is 19.0. The lowest BCUT2D eigenvalue weighted by molar-refractivity contribution is -0.134. The second-order valence-corrected chi connectivity index (χ2v) is 7.36. The van der Waals surface area contributed by atoms with Crippen LogP contribution in [0.25, 0.3) is 0 Å². The lowest BCUT2D eigenvalue weighted by Gasteiger charge is -2.30. The molecule has 0 saturated heterocycles. The molecule has 0 radical (unpaired) electrons. The van der Waals surface area contributed by atoms with E-state index in [2.05, 4.69) is 10.5 Å². The average molecular weight is 322 g/mol. The Hall–Kier alpha value is -1.36. The number of aryl methyl sites for hydroxylation is 2. The Kier molecular flexibility index (Phi) is 5.84. The highest BCUT2D eigenvalue weighted by Crippen LogP contribution is 2.29. The smallest absolute Gasteiger partial charge is 0.249 e. The molecular formula is C18H30N2O3. The predicted octanol–water partition coefficient (Wildman–Crippen LogP) is 3.36. The van der Waals surface area contributed by atoms with Gasteiger partial charge in [0.05, 0.1) is 11.2 Å². The van der Waals surface area contributed by atoms with Crippen molar-refractivity contribution in [1.82, 2.24) is 10.5 Å².